The molecule has 0 saturated heterocycles. The first-order chi connectivity index (χ1) is 28.2. The van der Waals surface area contributed by atoms with E-state index in [-0.39, 0.29) is 0 Å². The quantitative estimate of drug-likeness (QED) is 0.180. The van der Waals surface area contributed by atoms with Crippen LogP contribution in [0.5, 0.6) is 11.5 Å². The molecule has 0 atom stereocenters. The number of benzene rings is 8. The molecular formula is C52H31N3O2. The van der Waals surface area contributed by atoms with Gasteiger partial charge in [0.15, 0.2) is 17.5 Å². The van der Waals surface area contributed by atoms with Crippen molar-refractivity contribution in [3.63, 3.8) is 0 Å². The average Bonchev–Trinajstić information content (AvgIpc) is 3.79. The normalized spacial score (nSPS) is 13.2. The lowest BCUT2D eigenvalue weighted by atomic mass is 9.66. The Bertz CT molecular complexity index is 3160. The van der Waals surface area contributed by atoms with Gasteiger partial charge in [-0.1, -0.05) is 152 Å². The molecule has 0 radical (unpaired) electrons. The number of hydrogen-bond acceptors (Lipinski definition) is 5. The standard InChI is InChI=1S/C52H31N3O2/c1-3-13-32(14-4-1)33-23-25-35(26-24-33)50-53-49(34-15-5-2-6-16-34)54-51(55-50)36-27-28-45-39(29-36)40-30-44-48(31-47(40)56-45)57-46-22-12-11-21-43(46)52(44)41-19-9-7-17-37(41)38-18-8-10-20-42(38)52/h1-31H. The van der Waals surface area contributed by atoms with Crippen LogP contribution in [0.3, 0.4) is 0 Å². The van der Waals surface area contributed by atoms with Crippen LogP contribution in [0.15, 0.2) is 192 Å². The highest BCUT2D eigenvalue weighted by Crippen LogP contribution is 2.62. The highest BCUT2D eigenvalue weighted by molar-refractivity contribution is 6.07. The summed E-state index contributed by atoms with van der Waals surface area (Å²) in [5, 5.41) is 1.98. The van der Waals surface area contributed by atoms with Crippen LogP contribution in [0.25, 0.3) is 78.4 Å². The molecule has 1 aliphatic heterocycles. The number of fused-ring (bicyclic) bond motifs is 12. The van der Waals surface area contributed by atoms with Gasteiger partial charge in [-0.15, -0.1) is 0 Å². The fourth-order valence-corrected chi connectivity index (χ4v) is 9.06. The van der Waals surface area contributed by atoms with E-state index < -0.39 is 5.41 Å². The minimum absolute atomic E-state index is 0.573. The SMILES string of the molecule is c1ccc(-c2ccc(-c3nc(-c4ccccc4)nc(-c4ccc5oc6cc7c(cc6c5c4)C4(c5ccccc5O7)c5ccccc5-c5ccccc54)n3)cc2)cc1. The van der Waals surface area contributed by atoms with Crippen molar-refractivity contribution in [2.24, 2.45) is 0 Å². The van der Waals surface area contributed by atoms with E-state index in [2.05, 4.69) is 133 Å². The van der Waals surface area contributed by atoms with E-state index in [1.54, 1.807) is 0 Å². The van der Waals surface area contributed by atoms with Crippen molar-refractivity contribution in [2.45, 2.75) is 5.41 Å². The van der Waals surface area contributed by atoms with E-state index >= 15 is 0 Å². The van der Waals surface area contributed by atoms with E-state index in [0.29, 0.717) is 17.5 Å². The highest BCUT2D eigenvalue weighted by atomic mass is 16.5. The van der Waals surface area contributed by atoms with Crippen LogP contribution in [0.2, 0.25) is 0 Å². The Labute approximate surface area is 328 Å². The summed E-state index contributed by atoms with van der Waals surface area (Å²) in [4.78, 5) is 15.2. The van der Waals surface area contributed by atoms with Gasteiger partial charge in [-0.3, -0.25) is 0 Å². The van der Waals surface area contributed by atoms with Gasteiger partial charge in [0, 0.05) is 44.7 Å². The molecule has 10 aromatic rings. The Kier molecular flexibility index (Phi) is 6.78. The summed E-state index contributed by atoms with van der Waals surface area (Å²) in [6, 6.07) is 65.5. The van der Waals surface area contributed by atoms with Crippen molar-refractivity contribution >= 4 is 21.9 Å². The number of rotatable bonds is 4. The summed E-state index contributed by atoms with van der Waals surface area (Å²) >= 11 is 0. The van der Waals surface area contributed by atoms with Gasteiger partial charge in [-0.25, -0.2) is 15.0 Å². The lowest BCUT2D eigenvalue weighted by Gasteiger charge is -2.39. The van der Waals surface area contributed by atoms with Crippen LogP contribution in [-0.2, 0) is 5.41 Å². The van der Waals surface area contributed by atoms with Crippen molar-refractivity contribution in [1.82, 2.24) is 15.0 Å². The van der Waals surface area contributed by atoms with Crippen LogP contribution >= 0.6 is 0 Å². The van der Waals surface area contributed by atoms with Crippen LogP contribution in [0.4, 0.5) is 0 Å². The van der Waals surface area contributed by atoms with Crippen molar-refractivity contribution in [1.29, 1.82) is 0 Å². The van der Waals surface area contributed by atoms with Crippen molar-refractivity contribution in [3.05, 3.63) is 210 Å². The number of furan rings is 1. The number of aromatic nitrogens is 3. The second-order valence-electron chi connectivity index (χ2n) is 14.7. The molecule has 5 nitrogen and oxygen atoms in total. The molecule has 0 fully saturated rings. The minimum Gasteiger partial charge on any atom is -0.457 e. The molecule has 3 heterocycles. The van der Waals surface area contributed by atoms with Gasteiger partial charge in [0.2, 0.25) is 0 Å². The molecule has 5 heteroatoms. The summed E-state index contributed by atoms with van der Waals surface area (Å²) in [5.41, 5.74) is 13.2. The van der Waals surface area contributed by atoms with Gasteiger partial charge in [0.05, 0.1) is 5.41 Å². The first-order valence-corrected chi connectivity index (χ1v) is 19.2. The van der Waals surface area contributed by atoms with Gasteiger partial charge >= 0.3 is 0 Å². The lowest BCUT2D eigenvalue weighted by Crippen LogP contribution is -2.32. The number of ether oxygens (including phenoxy) is 1. The smallest absolute Gasteiger partial charge is 0.164 e. The topological polar surface area (TPSA) is 61.0 Å². The summed E-state index contributed by atoms with van der Waals surface area (Å²) in [6.45, 7) is 0. The zero-order valence-corrected chi connectivity index (χ0v) is 30.6. The van der Waals surface area contributed by atoms with Gasteiger partial charge in [0.25, 0.3) is 0 Å². The van der Waals surface area contributed by atoms with Crippen LogP contribution in [0.1, 0.15) is 22.3 Å². The number of para-hydroxylation sites is 1. The zero-order chi connectivity index (χ0) is 37.5. The Morgan fingerprint density at radius 3 is 1.51 bits per heavy atom. The Hall–Kier alpha value is -7.63. The molecule has 0 saturated carbocycles. The van der Waals surface area contributed by atoms with E-state index in [9.17, 15) is 0 Å². The van der Waals surface area contributed by atoms with Crippen molar-refractivity contribution < 1.29 is 9.15 Å². The molecule has 0 N–H and O–H groups in total. The third-order valence-electron chi connectivity index (χ3n) is 11.6. The number of hydrogen-bond donors (Lipinski definition) is 0. The third-order valence-corrected chi connectivity index (χ3v) is 11.6. The molecule has 0 unspecified atom stereocenters. The monoisotopic (exact) mass is 729 g/mol. The van der Waals surface area contributed by atoms with Crippen LogP contribution in [0, 0.1) is 0 Å². The minimum atomic E-state index is -0.573. The molecule has 0 amide bonds. The van der Waals surface area contributed by atoms with E-state index in [0.717, 1.165) is 72.4 Å². The van der Waals surface area contributed by atoms with E-state index in [1.807, 2.05) is 54.6 Å². The fraction of sp³-hybridized carbons (Fsp3) is 0.0192. The summed E-state index contributed by atoms with van der Waals surface area (Å²) in [7, 11) is 0. The highest BCUT2D eigenvalue weighted by Gasteiger charge is 2.51. The molecule has 1 aliphatic carbocycles. The zero-order valence-electron chi connectivity index (χ0n) is 30.6. The van der Waals surface area contributed by atoms with Crippen LogP contribution in [-0.4, -0.2) is 15.0 Å². The second-order valence-corrected chi connectivity index (χ2v) is 14.7. The first kappa shape index (κ1) is 31.7. The summed E-state index contributed by atoms with van der Waals surface area (Å²) in [6.07, 6.45) is 0. The predicted molar refractivity (Wildman–Crippen MR) is 226 cm³/mol. The molecule has 266 valence electrons. The molecule has 1 spiro atoms. The predicted octanol–water partition coefficient (Wildman–Crippen LogP) is 12.9. The molecule has 12 rings (SSSR count). The fourth-order valence-electron chi connectivity index (χ4n) is 9.06. The maximum Gasteiger partial charge on any atom is 0.164 e. The lowest BCUT2D eigenvalue weighted by molar-refractivity contribution is 0.436. The Morgan fingerprint density at radius 2 is 0.825 bits per heavy atom. The summed E-state index contributed by atoms with van der Waals surface area (Å²) < 4.78 is 13.3. The van der Waals surface area contributed by atoms with Crippen molar-refractivity contribution in [3.8, 4) is 67.9 Å². The number of nitrogens with zero attached hydrogens (tertiary/aromatic N) is 3. The second kappa shape index (κ2) is 12.2. The maximum atomic E-state index is 6.75. The Balaban J connectivity index is 1.05. The van der Waals surface area contributed by atoms with Crippen LogP contribution < -0.4 is 4.74 Å². The molecular weight excluding hydrogens is 699 g/mol. The van der Waals surface area contributed by atoms with Gasteiger partial charge in [-0.2, -0.15) is 0 Å². The Morgan fingerprint density at radius 1 is 0.333 bits per heavy atom. The molecule has 0 bridgehead atoms. The summed E-state index contributed by atoms with van der Waals surface area (Å²) in [5.74, 6) is 3.46. The molecule has 2 aromatic heterocycles. The van der Waals surface area contributed by atoms with E-state index in [4.69, 9.17) is 24.1 Å². The third kappa shape index (κ3) is 4.72. The van der Waals surface area contributed by atoms with Crippen molar-refractivity contribution in [2.75, 3.05) is 0 Å². The largest absolute Gasteiger partial charge is 0.457 e. The first-order valence-electron chi connectivity index (χ1n) is 19.2. The maximum absolute atomic E-state index is 6.75. The molecule has 2 aliphatic rings. The van der Waals surface area contributed by atoms with Gasteiger partial charge in [-0.05, 0) is 63.7 Å². The average molecular weight is 730 g/mol. The van der Waals surface area contributed by atoms with Gasteiger partial charge in [0.1, 0.15) is 22.7 Å². The molecule has 57 heavy (non-hydrogen) atoms. The molecule has 8 aromatic carbocycles. The van der Waals surface area contributed by atoms with Gasteiger partial charge < -0.3 is 9.15 Å². The van der Waals surface area contributed by atoms with E-state index in [1.165, 1.54) is 22.3 Å².